The number of thiophene rings is 1. The fraction of sp³-hybridized carbons (Fsp3) is 0.455. The number of amides is 1. The molecule has 1 saturated heterocycles. The molecule has 0 unspecified atom stereocenters. The predicted octanol–water partition coefficient (Wildman–Crippen LogP) is 2.51. The standard InChI is InChI=1S/C11H12BrNO3S/c1-6-5-7(9(12)17-6)10(14)13-4-2-3-8(13)11(15)16/h5,8H,2-4H2,1H3,(H,15,16)/t8-/m0/s1. The van der Waals surface area contributed by atoms with Crippen molar-refractivity contribution < 1.29 is 14.7 Å². The Morgan fingerprint density at radius 2 is 2.29 bits per heavy atom. The lowest BCUT2D eigenvalue weighted by Gasteiger charge is -2.21. The second kappa shape index (κ2) is 4.78. The van der Waals surface area contributed by atoms with Crippen molar-refractivity contribution in [2.45, 2.75) is 25.8 Å². The number of nitrogens with zero attached hydrogens (tertiary/aromatic N) is 1. The molecule has 1 aromatic heterocycles. The second-order valence-electron chi connectivity index (χ2n) is 4.04. The summed E-state index contributed by atoms with van der Waals surface area (Å²) in [4.78, 5) is 25.8. The fourth-order valence-corrected chi connectivity index (χ4v) is 3.82. The molecule has 6 heteroatoms. The number of likely N-dealkylation sites (tertiary alicyclic amines) is 1. The van der Waals surface area contributed by atoms with Crippen LogP contribution in [0, 0.1) is 6.92 Å². The number of hydrogen-bond acceptors (Lipinski definition) is 3. The average Bonchev–Trinajstić information content (AvgIpc) is 2.83. The van der Waals surface area contributed by atoms with Crippen LogP contribution in [0.2, 0.25) is 0 Å². The summed E-state index contributed by atoms with van der Waals surface area (Å²) in [6.07, 6.45) is 1.30. The van der Waals surface area contributed by atoms with E-state index in [1.54, 1.807) is 6.07 Å². The van der Waals surface area contributed by atoms with E-state index in [1.807, 2.05) is 6.92 Å². The molecule has 0 saturated carbocycles. The van der Waals surface area contributed by atoms with Crippen LogP contribution in [0.3, 0.4) is 0 Å². The van der Waals surface area contributed by atoms with Crippen molar-refractivity contribution in [2.24, 2.45) is 0 Å². The Bertz CT molecular complexity index is 471. The molecule has 2 rings (SSSR count). The zero-order valence-electron chi connectivity index (χ0n) is 9.27. The van der Waals surface area contributed by atoms with Gasteiger partial charge in [-0.3, -0.25) is 4.79 Å². The van der Waals surface area contributed by atoms with Crippen molar-refractivity contribution in [2.75, 3.05) is 6.54 Å². The van der Waals surface area contributed by atoms with Crippen LogP contribution in [-0.4, -0.2) is 34.5 Å². The van der Waals surface area contributed by atoms with E-state index in [-0.39, 0.29) is 5.91 Å². The minimum absolute atomic E-state index is 0.189. The van der Waals surface area contributed by atoms with Crippen molar-refractivity contribution in [3.8, 4) is 0 Å². The van der Waals surface area contributed by atoms with E-state index in [9.17, 15) is 9.59 Å². The zero-order valence-corrected chi connectivity index (χ0v) is 11.7. The van der Waals surface area contributed by atoms with E-state index in [1.165, 1.54) is 16.2 Å². The van der Waals surface area contributed by atoms with Crippen molar-refractivity contribution in [3.63, 3.8) is 0 Å². The van der Waals surface area contributed by atoms with Gasteiger partial charge < -0.3 is 10.0 Å². The summed E-state index contributed by atoms with van der Waals surface area (Å²) in [6.45, 7) is 2.45. The first kappa shape index (κ1) is 12.6. The number of carboxylic acid groups (broad SMARTS) is 1. The first-order valence-corrected chi connectivity index (χ1v) is 6.91. The minimum Gasteiger partial charge on any atom is -0.480 e. The third kappa shape index (κ3) is 2.37. The smallest absolute Gasteiger partial charge is 0.326 e. The van der Waals surface area contributed by atoms with E-state index in [0.29, 0.717) is 18.5 Å². The number of carboxylic acids is 1. The van der Waals surface area contributed by atoms with E-state index in [4.69, 9.17) is 5.11 Å². The summed E-state index contributed by atoms with van der Waals surface area (Å²) >= 11 is 4.83. The third-order valence-corrected chi connectivity index (χ3v) is 4.59. The van der Waals surface area contributed by atoms with E-state index < -0.39 is 12.0 Å². The van der Waals surface area contributed by atoms with Gasteiger partial charge in [-0.25, -0.2) is 4.79 Å². The van der Waals surface area contributed by atoms with Gasteiger partial charge in [0.1, 0.15) is 6.04 Å². The molecule has 92 valence electrons. The maximum absolute atomic E-state index is 12.2. The molecule has 2 heterocycles. The molecule has 0 aromatic carbocycles. The fourth-order valence-electron chi connectivity index (χ4n) is 2.05. The van der Waals surface area contributed by atoms with Crippen LogP contribution in [0.25, 0.3) is 0 Å². The maximum Gasteiger partial charge on any atom is 0.326 e. The number of aryl methyl sites for hydroxylation is 1. The quantitative estimate of drug-likeness (QED) is 0.911. The number of aliphatic carboxylic acids is 1. The highest BCUT2D eigenvalue weighted by molar-refractivity contribution is 9.11. The molecule has 0 aliphatic carbocycles. The van der Waals surface area contributed by atoms with Gasteiger partial charge in [0.15, 0.2) is 0 Å². The molecule has 1 aromatic rings. The van der Waals surface area contributed by atoms with Gasteiger partial charge in [-0.2, -0.15) is 0 Å². The average molecular weight is 318 g/mol. The third-order valence-electron chi connectivity index (χ3n) is 2.84. The van der Waals surface area contributed by atoms with Gasteiger partial charge in [0, 0.05) is 11.4 Å². The monoisotopic (exact) mass is 317 g/mol. The Morgan fingerprint density at radius 3 is 2.82 bits per heavy atom. The number of hydrogen-bond donors (Lipinski definition) is 1. The lowest BCUT2D eigenvalue weighted by Crippen LogP contribution is -2.40. The summed E-state index contributed by atoms with van der Waals surface area (Å²) in [5, 5.41) is 9.05. The molecule has 1 amide bonds. The largest absolute Gasteiger partial charge is 0.480 e. The van der Waals surface area contributed by atoms with Gasteiger partial charge in [-0.1, -0.05) is 0 Å². The normalized spacial score (nSPS) is 19.6. The van der Waals surface area contributed by atoms with E-state index in [2.05, 4.69) is 15.9 Å². The Labute approximate surface area is 111 Å². The van der Waals surface area contributed by atoms with Crippen LogP contribution in [-0.2, 0) is 4.79 Å². The predicted molar refractivity (Wildman–Crippen MR) is 68.5 cm³/mol. The first-order valence-electron chi connectivity index (χ1n) is 5.30. The highest BCUT2D eigenvalue weighted by atomic mass is 79.9. The lowest BCUT2D eigenvalue weighted by molar-refractivity contribution is -0.141. The van der Waals surface area contributed by atoms with E-state index in [0.717, 1.165) is 15.1 Å². The highest BCUT2D eigenvalue weighted by Gasteiger charge is 2.35. The molecule has 17 heavy (non-hydrogen) atoms. The van der Waals surface area contributed by atoms with Crippen LogP contribution >= 0.6 is 27.3 Å². The molecule has 1 aliphatic heterocycles. The molecular formula is C11H12BrNO3S. The highest BCUT2D eigenvalue weighted by Crippen LogP contribution is 2.30. The maximum atomic E-state index is 12.2. The Balaban J connectivity index is 2.25. The molecular weight excluding hydrogens is 306 g/mol. The topological polar surface area (TPSA) is 57.6 Å². The Hall–Kier alpha value is -0.880. The van der Waals surface area contributed by atoms with Gasteiger partial charge in [-0.05, 0) is 41.8 Å². The van der Waals surface area contributed by atoms with Gasteiger partial charge in [0.25, 0.3) is 5.91 Å². The molecule has 4 nitrogen and oxygen atoms in total. The summed E-state index contributed by atoms with van der Waals surface area (Å²) < 4.78 is 0.774. The number of carbonyl (C=O) groups is 2. The van der Waals surface area contributed by atoms with Crippen LogP contribution < -0.4 is 0 Å². The van der Waals surface area contributed by atoms with Gasteiger partial charge in [0.05, 0.1) is 9.35 Å². The molecule has 1 aliphatic rings. The van der Waals surface area contributed by atoms with Crippen molar-refractivity contribution in [3.05, 3.63) is 20.3 Å². The SMILES string of the molecule is Cc1cc(C(=O)N2CCC[C@H]2C(=O)O)c(Br)s1. The molecule has 0 bridgehead atoms. The van der Waals surface area contributed by atoms with Gasteiger partial charge >= 0.3 is 5.97 Å². The number of carbonyl (C=O) groups excluding carboxylic acids is 1. The number of rotatable bonds is 2. The summed E-state index contributed by atoms with van der Waals surface area (Å²) in [5.74, 6) is -1.11. The van der Waals surface area contributed by atoms with Gasteiger partial charge in [0.2, 0.25) is 0 Å². The summed E-state index contributed by atoms with van der Waals surface area (Å²) in [6, 6.07) is 1.13. The van der Waals surface area contributed by atoms with Crippen molar-refractivity contribution in [1.29, 1.82) is 0 Å². The van der Waals surface area contributed by atoms with Crippen LogP contribution in [0.1, 0.15) is 28.1 Å². The molecule has 1 fully saturated rings. The Kier molecular flexibility index (Phi) is 3.53. The van der Waals surface area contributed by atoms with Crippen molar-refractivity contribution >= 4 is 39.1 Å². The number of halogens is 1. The second-order valence-corrected chi connectivity index (χ2v) is 6.61. The molecule has 0 spiro atoms. The summed E-state index contributed by atoms with van der Waals surface area (Å²) in [7, 11) is 0. The van der Waals surface area contributed by atoms with Crippen LogP contribution in [0.5, 0.6) is 0 Å². The minimum atomic E-state index is -0.918. The van der Waals surface area contributed by atoms with Crippen LogP contribution in [0.15, 0.2) is 9.85 Å². The van der Waals surface area contributed by atoms with Crippen molar-refractivity contribution in [1.82, 2.24) is 4.90 Å². The van der Waals surface area contributed by atoms with E-state index >= 15 is 0 Å². The zero-order chi connectivity index (χ0) is 12.6. The van der Waals surface area contributed by atoms with Gasteiger partial charge in [-0.15, -0.1) is 11.3 Å². The lowest BCUT2D eigenvalue weighted by atomic mass is 10.2. The Morgan fingerprint density at radius 1 is 1.59 bits per heavy atom. The summed E-state index contributed by atoms with van der Waals surface area (Å²) in [5.41, 5.74) is 0.570. The van der Waals surface area contributed by atoms with Crippen LogP contribution in [0.4, 0.5) is 0 Å². The molecule has 1 N–H and O–H groups in total. The molecule has 0 radical (unpaired) electrons. The first-order chi connectivity index (χ1) is 8.00. The molecule has 1 atom stereocenters.